The zero-order valence-electron chi connectivity index (χ0n) is 70.6. The number of carbonyl (C=O) groups excluding carboxylic acids is 4. The van der Waals surface area contributed by atoms with E-state index >= 15 is 0 Å². The highest BCUT2D eigenvalue weighted by molar-refractivity contribution is 7.47. The lowest BCUT2D eigenvalue weighted by Crippen LogP contribution is -2.30. The molecule has 0 saturated heterocycles. The lowest BCUT2D eigenvalue weighted by Gasteiger charge is -2.21. The van der Waals surface area contributed by atoms with Crippen LogP contribution in [0.3, 0.4) is 0 Å². The second-order valence-corrected chi connectivity index (χ2v) is 36.0. The molecular weight excluding hydrogens is 1390 g/mol. The molecule has 3 N–H and O–H groups in total. The molecule has 0 aliphatic heterocycles. The third kappa shape index (κ3) is 81.9. The Morgan fingerprint density at radius 1 is 0.252 bits per heavy atom. The lowest BCUT2D eigenvalue weighted by atomic mass is 10.0. The van der Waals surface area contributed by atoms with E-state index in [-0.39, 0.29) is 25.7 Å². The van der Waals surface area contributed by atoms with Crippen LogP contribution in [-0.4, -0.2) is 96.7 Å². The number of unbranched alkanes of at least 4 members (excludes halogenated alkanes) is 54. The van der Waals surface area contributed by atoms with E-state index in [1.54, 1.807) is 0 Å². The van der Waals surface area contributed by atoms with Gasteiger partial charge in [-0.05, 0) is 43.4 Å². The number of esters is 4. The second-order valence-electron chi connectivity index (χ2n) is 33.1. The van der Waals surface area contributed by atoms with Crippen molar-refractivity contribution in [1.29, 1.82) is 0 Å². The van der Waals surface area contributed by atoms with Gasteiger partial charge < -0.3 is 33.8 Å². The SMILES string of the molecule is CCCCCCCCCCCCCCCCCCCCCCCC(=O)O[C@H](COC(=O)CCCCCCCCCCCCCCCCCCC(C)C)COP(=O)(O)OC[C@@H](O)COP(=O)(O)OC[C@@H](COC(=O)CCCCCCCCCCCC(C)C)OC(=O)CCCCCCCCCCCCCCC(C)C. The van der Waals surface area contributed by atoms with Gasteiger partial charge in [0.15, 0.2) is 12.2 Å². The second kappa shape index (κ2) is 78.0. The van der Waals surface area contributed by atoms with Gasteiger partial charge in [-0.1, -0.05) is 414 Å². The van der Waals surface area contributed by atoms with Crippen molar-refractivity contribution in [2.75, 3.05) is 39.6 Å². The first-order valence-electron chi connectivity index (χ1n) is 45.3. The summed E-state index contributed by atoms with van der Waals surface area (Å²) in [4.78, 5) is 73.3. The van der Waals surface area contributed by atoms with Crippen LogP contribution < -0.4 is 0 Å². The molecule has 0 rings (SSSR count). The van der Waals surface area contributed by atoms with Gasteiger partial charge in [-0.25, -0.2) is 9.13 Å². The van der Waals surface area contributed by atoms with E-state index in [9.17, 15) is 43.2 Å². The molecule has 0 radical (unpaired) electrons. The van der Waals surface area contributed by atoms with Gasteiger partial charge in [-0.3, -0.25) is 37.3 Å². The number of carbonyl (C=O) groups is 4. The molecule has 636 valence electrons. The van der Waals surface area contributed by atoms with Crippen LogP contribution in [0.5, 0.6) is 0 Å². The predicted octanol–water partition coefficient (Wildman–Crippen LogP) is 26.9. The van der Waals surface area contributed by atoms with Gasteiger partial charge in [0.25, 0.3) is 0 Å². The van der Waals surface area contributed by atoms with Crippen LogP contribution >= 0.6 is 15.6 Å². The number of aliphatic hydroxyl groups is 1. The fourth-order valence-corrected chi connectivity index (χ4v) is 15.3. The molecule has 0 aromatic rings. The van der Waals surface area contributed by atoms with Gasteiger partial charge in [0.1, 0.15) is 19.3 Å². The number of phosphoric acid groups is 2. The van der Waals surface area contributed by atoms with Gasteiger partial charge >= 0.3 is 39.5 Å². The Morgan fingerprint density at radius 3 is 0.636 bits per heavy atom. The minimum absolute atomic E-state index is 0.107. The first kappa shape index (κ1) is 105. The van der Waals surface area contributed by atoms with Crippen LogP contribution in [-0.2, 0) is 65.4 Å². The molecule has 0 bridgehead atoms. The molecule has 5 atom stereocenters. The normalized spacial score (nSPS) is 13.8. The fraction of sp³-hybridized carbons (Fsp3) is 0.955. The van der Waals surface area contributed by atoms with Crippen molar-refractivity contribution in [2.24, 2.45) is 17.8 Å². The topological polar surface area (TPSA) is 237 Å². The number of ether oxygens (including phenoxy) is 4. The highest BCUT2D eigenvalue weighted by atomic mass is 31.2. The maximum atomic E-state index is 13.2. The summed E-state index contributed by atoms with van der Waals surface area (Å²) >= 11 is 0. The highest BCUT2D eigenvalue weighted by Crippen LogP contribution is 2.45. The number of aliphatic hydroxyl groups excluding tert-OH is 1. The Labute approximate surface area is 658 Å². The monoisotopic (exact) mass is 1560 g/mol. The van der Waals surface area contributed by atoms with E-state index in [4.69, 9.17) is 37.0 Å². The summed E-state index contributed by atoms with van der Waals surface area (Å²) in [6, 6.07) is 0. The molecule has 0 saturated carbocycles. The molecule has 19 heteroatoms. The average molecular weight is 1560 g/mol. The maximum absolute atomic E-state index is 13.2. The van der Waals surface area contributed by atoms with Gasteiger partial charge in [-0.15, -0.1) is 0 Å². The van der Waals surface area contributed by atoms with Crippen molar-refractivity contribution in [2.45, 2.75) is 484 Å². The van der Waals surface area contributed by atoms with Crippen LogP contribution in [0.25, 0.3) is 0 Å². The summed E-state index contributed by atoms with van der Waals surface area (Å²) in [5, 5.41) is 10.7. The molecule has 107 heavy (non-hydrogen) atoms. The van der Waals surface area contributed by atoms with Crippen molar-refractivity contribution in [3.8, 4) is 0 Å². The minimum atomic E-state index is -4.97. The quantitative estimate of drug-likeness (QED) is 0.0222. The molecular formula is C88H172O17P2. The van der Waals surface area contributed by atoms with E-state index in [1.165, 1.54) is 276 Å². The van der Waals surface area contributed by atoms with E-state index in [0.29, 0.717) is 25.7 Å². The van der Waals surface area contributed by atoms with Gasteiger partial charge in [-0.2, -0.15) is 0 Å². The van der Waals surface area contributed by atoms with E-state index in [1.807, 2.05) is 0 Å². The molecule has 0 spiro atoms. The summed E-state index contributed by atoms with van der Waals surface area (Å²) in [7, 11) is -9.93. The largest absolute Gasteiger partial charge is 0.472 e. The molecule has 0 aliphatic rings. The molecule has 0 aromatic heterocycles. The molecule has 2 unspecified atom stereocenters. The van der Waals surface area contributed by atoms with E-state index in [0.717, 1.165) is 108 Å². The summed E-state index contributed by atoms with van der Waals surface area (Å²) in [6.45, 7) is 12.0. The van der Waals surface area contributed by atoms with Crippen LogP contribution in [0.2, 0.25) is 0 Å². The lowest BCUT2D eigenvalue weighted by molar-refractivity contribution is -0.161. The zero-order chi connectivity index (χ0) is 78.6. The maximum Gasteiger partial charge on any atom is 0.472 e. The third-order valence-corrected chi connectivity index (χ3v) is 22.5. The highest BCUT2D eigenvalue weighted by Gasteiger charge is 2.31. The summed E-state index contributed by atoms with van der Waals surface area (Å²) < 4.78 is 69.0. The number of rotatable bonds is 86. The zero-order valence-corrected chi connectivity index (χ0v) is 72.4. The van der Waals surface area contributed by atoms with Crippen molar-refractivity contribution in [1.82, 2.24) is 0 Å². The first-order chi connectivity index (χ1) is 51.7. The van der Waals surface area contributed by atoms with Crippen LogP contribution in [0.4, 0.5) is 0 Å². The number of phosphoric ester groups is 2. The summed E-state index contributed by atoms with van der Waals surface area (Å²) in [5.74, 6) is 0.230. The van der Waals surface area contributed by atoms with Gasteiger partial charge in [0.05, 0.1) is 26.4 Å². The summed E-state index contributed by atoms with van der Waals surface area (Å²) in [6.07, 6.45) is 69.5. The van der Waals surface area contributed by atoms with Gasteiger partial charge in [0.2, 0.25) is 0 Å². The first-order valence-corrected chi connectivity index (χ1v) is 48.3. The molecule has 0 amide bonds. The standard InChI is InChI=1S/C88H172O17P2/c1-8-9-10-11-12-13-14-15-16-17-18-19-20-21-26-29-35-42-50-57-64-71-87(92)104-83(75-98-85(90)69-62-55-48-41-34-28-25-23-22-24-27-32-38-45-52-59-66-79(2)3)77-102-106(94,95)100-73-82(89)74-101-107(96,97)103-78-84(76-99-86(91)70-63-56-49-44-37-40-47-54-61-68-81(6)7)105-88(93)72-65-58-51-43-36-31-30-33-39-46-53-60-67-80(4)5/h79-84,89H,8-78H2,1-7H3,(H,94,95)(H,96,97)/t82-,83-,84-/m1/s1. The van der Waals surface area contributed by atoms with Gasteiger partial charge in [0, 0.05) is 25.7 Å². The Morgan fingerprint density at radius 2 is 0.430 bits per heavy atom. The Bertz CT molecular complexity index is 2060. The van der Waals surface area contributed by atoms with Crippen molar-refractivity contribution in [3.05, 3.63) is 0 Å². The summed E-state index contributed by atoms with van der Waals surface area (Å²) in [5.41, 5.74) is 0. The van der Waals surface area contributed by atoms with Crippen LogP contribution in [0.1, 0.15) is 466 Å². The van der Waals surface area contributed by atoms with Crippen molar-refractivity contribution < 1.29 is 80.2 Å². The average Bonchev–Trinajstić information content (AvgIpc) is 0.918. The number of hydrogen-bond donors (Lipinski definition) is 3. The molecule has 0 aliphatic carbocycles. The van der Waals surface area contributed by atoms with E-state index < -0.39 is 97.5 Å². The third-order valence-electron chi connectivity index (χ3n) is 20.6. The minimum Gasteiger partial charge on any atom is -0.462 e. The predicted molar refractivity (Wildman–Crippen MR) is 441 cm³/mol. The van der Waals surface area contributed by atoms with Crippen molar-refractivity contribution >= 4 is 39.5 Å². The van der Waals surface area contributed by atoms with Crippen molar-refractivity contribution in [3.63, 3.8) is 0 Å². The molecule has 0 fully saturated rings. The van der Waals surface area contributed by atoms with Crippen LogP contribution in [0.15, 0.2) is 0 Å². The molecule has 0 heterocycles. The van der Waals surface area contributed by atoms with E-state index in [2.05, 4.69) is 48.5 Å². The molecule has 17 nitrogen and oxygen atoms in total. The number of hydrogen-bond acceptors (Lipinski definition) is 15. The van der Waals surface area contributed by atoms with Crippen LogP contribution in [0, 0.1) is 17.8 Å². The fourth-order valence-electron chi connectivity index (χ4n) is 13.7. The smallest absolute Gasteiger partial charge is 0.462 e. The Balaban J connectivity index is 5.25. The Kier molecular flexibility index (Phi) is 76.6. The Hall–Kier alpha value is -1.94. The molecule has 0 aromatic carbocycles.